The molecule has 3 aromatic rings. The molecule has 33 heavy (non-hydrogen) atoms. The van der Waals surface area contributed by atoms with Crippen LogP contribution in [-0.4, -0.2) is 62.2 Å². The van der Waals surface area contributed by atoms with Crippen LogP contribution < -0.4 is 5.32 Å². The number of carbonyl (C=O) groups is 1. The number of nitrogens with zero attached hydrogens (tertiary/aromatic N) is 3. The second kappa shape index (κ2) is 9.32. The first-order chi connectivity index (χ1) is 16.1. The number of benzene rings is 2. The lowest BCUT2D eigenvalue weighted by molar-refractivity contribution is -0.0688. The Morgan fingerprint density at radius 3 is 2.45 bits per heavy atom. The van der Waals surface area contributed by atoms with E-state index in [2.05, 4.69) is 10.3 Å². The lowest BCUT2D eigenvalue weighted by atomic mass is 10.1. The highest BCUT2D eigenvalue weighted by molar-refractivity contribution is 5.98. The van der Waals surface area contributed by atoms with E-state index in [9.17, 15) is 15.0 Å². The van der Waals surface area contributed by atoms with E-state index in [0.29, 0.717) is 25.6 Å². The maximum absolute atomic E-state index is 13.0. The molecule has 1 saturated heterocycles. The van der Waals surface area contributed by atoms with Gasteiger partial charge in [0.25, 0.3) is 5.91 Å². The number of rotatable bonds is 7. The van der Waals surface area contributed by atoms with Crippen LogP contribution in [0.5, 0.6) is 0 Å². The molecule has 0 radical (unpaired) electrons. The van der Waals surface area contributed by atoms with Gasteiger partial charge in [0, 0.05) is 6.54 Å². The van der Waals surface area contributed by atoms with Crippen molar-refractivity contribution in [2.45, 2.75) is 37.7 Å². The fourth-order valence-electron chi connectivity index (χ4n) is 4.17. The van der Waals surface area contributed by atoms with Crippen molar-refractivity contribution in [3.8, 4) is 0 Å². The van der Waals surface area contributed by atoms with Crippen LogP contribution in [-0.2, 0) is 22.6 Å². The predicted molar refractivity (Wildman–Crippen MR) is 119 cm³/mol. The normalized spacial score (nSPS) is 24.5. The molecule has 4 atom stereocenters. The van der Waals surface area contributed by atoms with Crippen molar-refractivity contribution in [1.82, 2.24) is 14.5 Å². The van der Waals surface area contributed by atoms with E-state index in [1.165, 1.54) is 6.33 Å². The highest BCUT2D eigenvalue weighted by Gasteiger charge is 2.45. The molecule has 172 valence electrons. The van der Waals surface area contributed by atoms with E-state index in [-0.39, 0.29) is 18.2 Å². The van der Waals surface area contributed by atoms with Gasteiger partial charge in [0.05, 0.1) is 26.2 Å². The van der Waals surface area contributed by atoms with Crippen molar-refractivity contribution in [2.24, 2.45) is 0 Å². The Labute approximate surface area is 191 Å². The number of hydrogen-bond donors (Lipinski definition) is 3. The summed E-state index contributed by atoms with van der Waals surface area (Å²) >= 11 is 0. The first-order valence-electron chi connectivity index (χ1n) is 10.9. The highest BCUT2D eigenvalue weighted by atomic mass is 16.6. The molecule has 3 heterocycles. The molecular formula is C24H26N4O5. The number of carbonyl (C=O) groups excluding carboxylic acids is 1. The number of ether oxygens (including phenoxy) is 2. The van der Waals surface area contributed by atoms with E-state index in [1.807, 2.05) is 60.7 Å². The van der Waals surface area contributed by atoms with Gasteiger partial charge in [-0.05, 0) is 11.1 Å². The van der Waals surface area contributed by atoms with Crippen LogP contribution in [0.15, 0.2) is 67.0 Å². The standard InChI is InChI=1S/C24H26N4O5/c29-20-18(13-32-12-17-9-5-2-6-10-17)33-24(21(20)30)28-15-25-19-22(28)26-14-27(23(19)31)11-16-7-3-1-4-8-16/h1-10,15,18,20-21,24,26,29-30H,11-14H2/t18-,20-,21-,24-/m1/s1. The van der Waals surface area contributed by atoms with Crippen molar-refractivity contribution in [3.05, 3.63) is 83.8 Å². The first-order valence-corrected chi connectivity index (χ1v) is 10.9. The Morgan fingerprint density at radius 2 is 1.73 bits per heavy atom. The van der Waals surface area contributed by atoms with Crippen LogP contribution in [0.3, 0.4) is 0 Å². The summed E-state index contributed by atoms with van der Waals surface area (Å²) in [6.45, 7) is 1.25. The Hall–Kier alpha value is -3.24. The zero-order chi connectivity index (χ0) is 22.8. The Kier molecular flexibility index (Phi) is 6.10. The predicted octanol–water partition coefficient (Wildman–Crippen LogP) is 1.74. The minimum atomic E-state index is -1.19. The Morgan fingerprint density at radius 1 is 1.03 bits per heavy atom. The number of aliphatic hydroxyl groups excluding tert-OH is 2. The van der Waals surface area contributed by atoms with E-state index < -0.39 is 24.5 Å². The number of aromatic nitrogens is 2. The number of aliphatic hydroxyl groups is 2. The summed E-state index contributed by atoms with van der Waals surface area (Å²) in [5.74, 6) is 0.258. The van der Waals surface area contributed by atoms with Gasteiger partial charge in [0.1, 0.15) is 24.1 Å². The molecule has 3 N–H and O–H groups in total. The summed E-state index contributed by atoms with van der Waals surface area (Å²) in [7, 11) is 0. The third-order valence-electron chi connectivity index (χ3n) is 5.94. The van der Waals surface area contributed by atoms with Crippen molar-refractivity contribution in [3.63, 3.8) is 0 Å². The van der Waals surface area contributed by atoms with Gasteiger partial charge in [-0.25, -0.2) is 4.98 Å². The van der Waals surface area contributed by atoms with Gasteiger partial charge in [0.15, 0.2) is 11.9 Å². The summed E-state index contributed by atoms with van der Waals surface area (Å²) in [5, 5.41) is 24.3. The van der Waals surface area contributed by atoms with Crippen molar-refractivity contribution in [2.75, 3.05) is 18.6 Å². The van der Waals surface area contributed by atoms with Crippen molar-refractivity contribution < 1.29 is 24.5 Å². The number of fused-ring (bicyclic) bond motifs is 1. The minimum absolute atomic E-state index is 0.123. The third-order valence-corrected chi connectivity index (χ3v) is 5.94. The minimum Gasteiger partial charge on any atom is -0.387 e. The summed E-state index contributed by atoms with van der Waals surface area (Å²) in [4.78, 5) is 18.9. The molecule has 9 nitrogen and oxygen atoms in total. The van der Waals surface area contributed by atoms with Gasteiger partial charge >= 0.3 is 0 Å². The fourth-order valence-corrected chi connectivity index (χ4v) is 4.17. The molecule has 0 saturated carbocycles. The van der Waals surface area contributed by atoms with E-state index in [0.717, 1.165) is 11.1 Å². The molecule has 5 rings (SSSR count). The molecule has 1 aromatic heterocycles. The van der Waals surface area contributed by atoms with Crippen LogP contribution in [0.1, 0.15) is 27.8 Å². The average molecular weight is 450 g/mol. The van der Waals surface area contributed by atoms with Gasteiger partial charge in [-0.3, -0.25) is 9.36 Å². The second-order valence-electron chi connectivity index (χ2n) is 8.22. The van der Waals surface area contributed by atoms with Crippen LogP contribution in [0.25, 0.3) is 0 Å². The number of amides is 1. The quantitative estimate of drug-likeness (QED) is 0.503. The fraction of sp³-hybridized carbons (Fsp3) is 0.333. The molecule has 2 aromatic carbocycles. The lowest BCUT2D eigenvalue weighted by Crippen LogP contribution is -2.40. The van der Waals surface area contributed by atoms with E-state index in [1.54, 1.807) is 9.47 Å². The lowest BCUT2D eigenvalue weighted by Gasteiger charge is -2.29. The SMILES string of the molecule is O=C1c2ncn([C@@H]3O[C@H](COCc4ccccc4)[C@@H](O)[C@H]3O)c2NCN1Cc1ccccc1. The maximum atomic E-state index is 13.0. The summed E-state index contributed by atoms with van der Waals surface area (Å²) in [6.07, 6.45) is -2.45. The van der Waals surface area contributed by atoms with Crippen LogP contribution in [0.4, 0.5) is 5.82 Å². The smallest absolute Gasteiger partial charge is 0.278 e. The molecule has 0 aliphatic carbocycles. The average Bonchev–Trinajstić information content (AvgIpc) is 3.39. The number of imidazole rings is 1. The Bertz CT molecular complexity index is 1090. The maximum Gasteiger partial charge on any atom is 0.278 e. The van der Waals surface area contributed by atoms with E-state index in [4.69, 9.17) is 9.47 Å². The third kappa shape index (κ3) is 4.36. The van der Waals surface area contributed by atoms with Crippen molar-refractivity contribution in [1.29, 1.82) is 0 Å². The summed E-state index contributed by atoms with van der Waals surface area (Å²) in [5.41, 5.74) is 2.28. The van der Waals surface area contributed by atoms with Gasteiger partial charge in [0.2, 0.25) is 0 Å². The van der Waals surface area contributed by atoms with E-state index >= 15 is 0 Å². The summed E-state index contributed by atoms with van der Waals surface area (Å²) < 4.78 is 13.2. The molecule has 2 aliphatic rings. The molecule has 1 fully saturated rings. The molecule has 0 unspecified atom stereocenters. The molecule has 1 amide bonds. The zero-order valence-electron chi connectivity index (χ0n) is 17.9. The molecular weight excluding hydrogens is 424 g/mol. The first kappa shape index (κ1) is 21.6. The van der Waals surface area contributed by atoms with Crippen LogP contribution in [0.2, 0.25) is 0 Å². The molecule has 9 heteroatoms. The zero-order valence-corrected chi connectivity index (χ0v) is 17.9. The topological polar surface area (TPSA) is 109 Å². The number of anilines is 1. The van der Waals surface area contributed by atoms with Crippen LogP contribution >= 0.6 is 0 Å². The summed E-state index contributed by atoms with van der Waals surface area (Å²) in [6, 6.07) is 19.4. The number of hydrogen-bond acceptors (Lipinski definition) is 7. The number of nitrogens with one attached hydrogen (secondary N) is 1. The second-order valence-corrected chi connectivity index (χ2v) is 8.22. The van der Waals surface area contributed by atoms with Crippen LogP contribution in [0, 0.1) is 0 Å². The van der Waals surface area contributed by atoms with Gasteiger partial charge < -0.3 is 29.9 Å². The Balaban J connectivity index is 1.25. The molecule has 0 bridgehead atoms. The highest BCUT2D eigenvalue weighted by Crippen LogP contribution is 2.34. The monoisotopic (exact) mass is 450 g/mol. The van der Waals surface area contributed by atoms with Crippen molar-refractivity contribution >= 4 is 11.7 Å². The van der Waals surface area contributed by atoms with Gasteiger partial charge in [-0.15, -0.1) is 0 Å². The van der Waals surface area contributed by atoms with Gasteiger partial charge in [-0.2, -0.15) is 0 Å². The van der Waals surface area contributed by atoms with Gasteiger partial charge in [-0.1, -0.05) is 60.7 Å². The molecule has 2 aliphatic heterocycles. The largest absolute Gasteiger partial charge is 0.387 e. The molecule has 0 spiro atoms.